The monoisotopic (exact) mass is 361 g/mol. The van der Waals surface area contributed by atoms with E-state index in [9.17, 15) is 14.0 Å². The molecule has 0 heterocycles. The van der Waals surface area contributed by atoms with Crippen molar-refractivity contribution in [2.24, 2.45) is 0 Å². The number of hydrogen-bond donors (Lipinski definition) is 1. The van der Waals surface area contributed by atoms with Gasteiger partial charge in [0.15, 0.2) is 6.10 Å². The summed E-state index contributed by atoms with van der Waals surface area (Å²) in [6.07, 6.45) is 1.62. The smallest absolute Gasteiger partial charge is 0.331 e. The normalized spacial score (nSPS) is 12.0. The lowest BCUT2D eigenvalue weighted by Crippen LogP contribution is -2.35. The molecule has 4 nitrogen and oxygen atoms in total. The van der Waals surface area contributed by atoms with E-state index in [1.165, 1.54) is 31.2 Å². The molecule has 0 aliphatic rings. The standard InChI is InChI=1S/C19H17ClFNO3/c1-13(19(24)22-12-15-5-8-16(20)9-6-15)25-18(23)10-7-14-3-2-4-17(21)11-14/h2-11,13H,12H2,1H3,(H,22,24)/b10-7+. The second kappa shape index (κ2) is 8.99. The van der Waals surface area contributed by atoms with Gasteiger partial charge in [-0.1, -0.05) is 35.9 Å². The third-order valence-corrected chi connectivity index (χ3v) is 3.55. The Kier molecular flexibility index (Phi) is 6.71. The molecule has 1 atom stereocenters. The Morgan fingerprint density at radius 3 is 2.64 bits per heavy atom. The highest BCUT2D eigenvalue weighted by Crippen LogP contribution is 2.09. The Morgan fingerprint density at radius 2 is 1.96 bits per heavy atom. The van der Waals surface area contributed by atoms with Crippen molar-refractivity contribution in [3.63, 3.8) is 0 Å². The van der Waals surface area contributed by atoms with Crippen LogP contribution >= 0.6 is 11.6 Å². The molecule has 1 unspecified atom stereocenters. The molecule has 6 heteroatoms. The summed E-state index contributed by atoms with van der Waals surface area (Å²) in [5.74, 6) is -1.49. The first kappa shape index (κ1) is 18.7. The van der Waals surface area contributed by atoms with Gasteiger partial charge in [0, 0.05) is 17.6 Å². The van der Waals surface area contributed by atoms with Crippen molar-refractivity contribution in [2.75, 3.05) is 0 Å². The van der Waals surface area contributed by atoms with E-state index >= 15 is 0 Å². The lowest BCUT2D eigenvalue weighted by atomic mass is 10.2. The summed E-state index contributed by atoms with van der Waals surface area (Å²) in [5.41, 5.74) is 1.40. The molecule has 130 valence electrons. The van der Waals surface area contributed by atoms with Gasteiger partial charge in [-0.2, -0.15) is 0 Å². The second-order valence-electron chi connectivity index (χ2n) is 5.31. The summed E-state index contributed by atoms with van der Waals surface area (Å²) >= 11 is 5.79. The molecule has 2 aromatic carbocycles. The zero-order valence-corrected chi connectivity index (χ0v) is 14.3. The van der Waals surface area contributed by atoms with Crippen LogP contribution in [0.3, 0.4) is 0 Å². The van der Waals surface area contributed by atoms with Crippen molar-refractivity contribution in [3.05, 3.63) is 76.6 Å². The Balaban J connectivity index is 1.81. The van der Waals surface area contributed by atoms with Crippen molar-refractivity contribution in [1.82, 2.24) is 5.32 Å². The van der Waals surface area contributed by atoms with Crippen molar-refractivity contribution in [2.45, 2.75) is 19.6 Å². The Bertz CT molecular complexity index is 774. The maximum Gasteiger partial charge on any atom is 0.331 e. The lowest BCUT2D eigenvalue weighted by Gasteiger charge is -2.12. The highest BCUT2D eigenvalue weighted by molar-refractivity contribution is 6.30. The van der Waals surface area contributed by atoms with Gasteiger partial charge < -0.3 is 10.1 Å². The van der Waals surface area contributed by atoms with Crippen LogP contribution in [0.4, 0.5) is 4.39 Å². The molecule has 0 saturated heterocycles. The molecule has 0 fully saturated rings. The van der Waals surface area contributed by atoms with Crippen molar-refractivity contribution >= 4 is 29.6 Å². The molecule has 0 bridgehead atoms. The van der Waals surface area contributed by atoms with Gasteiger partial charge in [-0.15, -0.1) is 0 Å². The zero-order valence-electron chi connectivity index (χ0n) is 13.5. The molecule has 0 aliphatic carbocycles. The van der Waals surface area contributed by atoms with E-state index in [0.717, 1.165) is 11.6 Å². The van der Waals surface area contributed by atoms with E-state index < -0.39 is 23.8 Å². The number of nitrogens with one attached hydrogen (secondary N) is 1. The van der Waals surface area contributed by atoms with Crippen molar-refractivity contribution in [3.8, 4) is 0 Å². The number of esters is 1. The number of amides is 1. The molecule has 1 amide bonds. The van der Waals surface area contributed by atoms with Crippen LogP contribution in [0.15, 0.2) is 54.6 Å². The third kappa shape index (κ3) is 6.39. The largest absolute Gasteiger partial charge is 0.449 e. The van der Waals surface area contributed by atoms with Crippen LogP contribution in [-0.2, 0) is 20.9 Å². The minimum absolute atomic E-state index is 0.303. The first-order valence-corrected chi connectivity index (χ1v) is 7.98. The van der Waals surface area contributed by atoms with Crippen LogP contribution in [0.2, 0.25) is 5.02 Å². The van der Waals surface area contributed by atoms with Crippen LogP contribution in [0.1, 0.15) is 18.1 Å². The Labute approximate surface area is 150 Å². The van der Waals surface area contributed by atoms with Crippen LogP contribution in [0.5, 0.6) is 0 Å². The molecule has 0 radical (unpaired) electrons. The number of halogens is 2. The van der Waals surface area contributed by atoms with Gasteiger partial charge in [0.05, 0.1) is 0 Å². The maximum absolute atomic E-state index is 13.0. The van der Waals surface area contributed by atoms with Gasteiger partial charge in [-0.25, -0.2) is 9.18 Å². The highest BCUT2D eigenvalue weighted by atomic mass is 35.5. The minimum atomic E-state index is -0.947. The van der Waals surface area contributed by atoms with Gasteiger partial charge in [0.2, 0.25) is 0 Å². The molecule has 0 aliphatic heterocycles. The molecular formula is C19H17ClFNO3. The maximum atomic E-state index is 13.0. The first-order chi connectivity index (χ1) is 11.9. The number of carbonyl (C=O) groups is 2. The summed E-state index contributed by atoms with van der Waals surface area (Å²) in [5, 5.41) is 3.29. The number of ether oxygens (including phenoxy) is 1. The van der Waals surface area contributed by atoms with Crippen LogP contribution in [0.25, 0.3) is 6.08 Å². The average molecular weight is 362 g/mol. The number of rotatable bonds is 6. The van der Waals surface area contributed by atoms with Crippen LogP contribution in [-0.4, -0.2) is 18.0 Å². The van der Waals surface area contributed by atoms with Crippen LogP contribution < -0.4 is 5.32 Å². The van der Waals surface area contributed by atoms with E-state index in [-0.39, 0.29) is 0 Å². The minimum Gasteiger partial charge on any atom is -0.449 e. The molecule has 25 heavy (non-hydrogen) atoms. The van der Waals surface area contributed by atoms with E-state index in [2.05, 4.69) is 5.32 Å². The first-order valence-electron chi connectivity index (χ1n) is 7.60. The predicted molar refractivity (Wildman–Crippen MR) is 94.3 cm³/mol. The molecule has 2 aromatic rings. The SMILES string of the molecule is CC(OC(=O)/C=C/c1cccc(F)c1)C(=O)NCc1ccc(Cl)cc1. The molecule has 2 rings (SSSR count). The van der Waals surface area contributed by atoms with Crippen molar-refractivity contribution < 1.29 is 18.7 Å². The molecule has 0 saturated carbocycles. The van der Waals surface area contributed by atoms with Gasteiger partial charge in [0.25, 0.3) is 5.91 Å². The fraction of sp³-hybridized carbons (Fsp3) is 0.158. The summed E-state index contributed by atoms with van der Waals surface area (Å²) in [6.45, 7) is 1.78. The summed E-state index contributed by atoms with van der Waals surface area (Å²) in [6, 6.07) is 12.8. The summed E-state index contributed by atoms with van der Waals surface area (Å²) < 4.78 is 18.1. The topological polar surface area (TPSA) is 55.4 Å². The molecular weight excluding hydrogens is 345 g/mol. The van der Waals surface area contributed by atoms with Gasteiger partial charge in [-0.3, -0.25) is 4.79 Å². The molecule has 0 aromatic heterocycles. The zero-order chi connectivity index (χ0) is 18.2. The van der Waals surface area contributed by atoms with E-state index in [4.69, 9.17) is 16.3 Å². The molecule has 1 N–H and O–H groups in total. The predicted octanol–water partition coefficient (Wildman–Crippen LogP) is 3.74. The summed E-state index contributed by atoms with van der Waals surface area (Å²) in [7, 11) is 0. The lowest BCUT2D eigenvalue weighted by molar-refractivity contribution is -0.150. The van der Waals surface area contributed by atoms with E-state index in [1.807, 2.05) is 0 Å². The third-order valence-electron chi connectivity index (χ3n) is 3.30. The Hall–Kier alpha value is -2.66. The number of hydrogen-bond acceptors (Lipinski definition) is 3. The average Bonchev–Trinajstić information content (AvgIpc) is 2.59. The fourth-order valence-electron chi connectivity index (χ4n) is 1.98. The van der Waals surface area contributed by atoms with Crippen molar-refractivity contribution in [1.29, 1.82) is 0 Å². The number of carbonyl (C=O) groups excluding carboxylic acids is 2. The summed E-state index contributed by atoms with van der Waals surface area (Å²) in [4.78, 5) is 23.7. The Morgan fingerprint density at radius 1 is 1.24 bits per heavy atom. The highest BCUT2D eigenvalue weighted by Gasteiger charge is 2.16. The van der Waals surface area contributed by atoms with Gasteiger partial charge in [0.1, 0.15) is 5.82 Å². The number of benzene rings is 2. The quantitative estimate of drug-likeness (QED) is 0.630. The van der Waals surface area contributed by atoms with Gasteiger partial charge >= 0.3 is 5.97 Å². The van der Waals surface area contributed by atoms with E-state index in [1.54, 1.807) is 30.3 Å². The molecule has 0 spiro atoms. The fourth-order valence-corrected chi connectivity index (χ4v) is 2.10. The van der Waals surface area contributed by atoms with Gasteiger partial charge in [-0.05, 0) is 48.4 Å². The second-order valence-corrected chi connectivity index (χ2v) is 5.75. The van der Waals surface area contributed by atoms with E-state index in [0.29, 0.717) is 17.1 Å². The van der Waals surface area contributed by atoms with Crippen LogP contribution in [0, 0.1) is 5.82 Å².